The number of hydrogen-bond donors (Lipinski definition) is 1. The van der Waals surface area contributed by atoms with E-state index in [9.17, 15) is 9.18 Å². The zero-order valence-corrected chi connectivity index (χ0v) is 11.6. The minimum absolute atomic E-state index is 0.0817. The highest BCUT2D eigenvalue weighted by Gasteiger charge is 2.08. The second kappa shape index (κ2) is 6.43. The molecule has 2 rings (SSSR count). The number of carbonyl (C=O) groups is 1. The minimum atomic E-state index is -1.16. The van der Waals surface area contributed by atoms with Crippen LogP contribution in [-0.4, -0.2) is 17.3 Å². The van der Waals surface area contributed by atoms with Crippen molar-refractivity contribution in [1.29, 1.82) is 0 Å². The van der Waals surface area contributed by atoms with Crippen molar-refractivity contribution in [3.05, 3.63) is 59.4 Å². The molecule has 0 aromatic heterocycles. The molecule has 0 radical (unpaired) electrons. The van der Waals surface area contributed by atoms with E-state index in [4.69, 9.17) is 9.84 Å². The van der Waals surface area contributed by atoms with Crippen LogP contribution in [0.2, 0.25) is 0 Å². The quantitative estimate of drug-likeness (QED) is 0.851. The highest BCUT2D eigenvalue weighted by molar-refractivity contribution is 7.98. The Kier molecular flexibility index (Phi) is 4.63. The number of thioether (sulfide) groups is 1. The summed E-state index contributed by atoms with van der Waals surface area (Å²) in [6.45, 7) is 0.121. The number of carboxylic acid groups (broad SMARTS) is 1. The Morgan fingerprint density at radius 2 is 2.05 bits per heavy atom. The molecule has 1 N–H and O–H groups in total. The average molecular weight is 292 g/mol. The molecule has 0 heterocycles. The van der Waals surface area contributed by atoms with E-state index in [1.54, 1.807) is 11.8 Å². The first-order valence-electron chi connectivity index (χ1n) is 5.88. The summed E-state index contributed by atoms with van der Waals surface area (Å²) < 4.78 is 19.0. The molecule has 104 valence electrons. The normalized spacial score (nSPS) is 10.3. The van der Waals surface area contributed by atoms with Gasteiger partial charge < -0.3 is 9.84 Å². The number of rotatable bonds is 5. The van der Waals surface area contributed by atoms with E-state index in [0.29, 0.717) is 11.3 Å². The van der Waals surface area contributed by atoms with Crippen LogP contribution in [0.5, 0.6) is 5.75 Å². The lowest BCUT2D eigenvalue weighted by Gasteiger charge is -2.10. The predicted octanol–water partition coefficient (Wildman–Crippen LogP) is 3.82. The van der Waals surface area contributed by atoms with Crippen LogP contribution < -0.4 is 4.74 Å². The standard InChI is InChI=1S/C15H13FO3S/c1-20-14-5-3-2-4-13(14)19-9-10-6-11(15(17)18)8-12(16)7-10/h2-8H,9H2,1H3,(H,17,18). The van der Waals surface area contributed by atoms with Gasteiger partial charge in [0.2, 0.25) is 0 Å². The van der Waals surface area contributed by atoms with Gasteiger partial charge in [-0.2, -0.15) is 0 Å². The van der Waals surface area contributed by atoms with Gasteiger partial charge in [0.1, 0.15) is 18.2 Å². The van der Waals surface area contributed by atoms with Gasteiger partial charge >= 0.3 is 5.97 Å². The zero-order valence-electron chi connectivity index (χ0n) is 10.8. The molecule has 0 bridgehead atoms. The van der Waals surface area contributed by atoms with Crippen LogP contribution in [0.25, 0.3) is 0 Å². The highest BCUT2D eigenvalue weighted by Crippen LogP contribution is 2.27. The third-order valence-electron chi connectivity index (χ3n) is 2.67. The number of hydrogen-bond acceptors (Lipinski definition) is 3. The maximum atomic E-state index is 13.3. The van der Waals surface area contributed by atoms with Crippen molar-refractivity contribution in [3.8, 4) is 5.75 Å². The van der Waals surface area contributed by atoms with Gasteiger partial charge in [-0.25, -0.2) is 9.18 Å². The molecule has 0 atom stereocenters. The molecule has 0 aliphatic carbocycles. The number of halogens is 1. The third kappa shape index (κ3) is 3.51. The van der Waals surface area contributed by atoms with Crippen LogP contribution in [0.1, 0.15) is 15.9 Å². The van der Waals surface area contributed by atoms with Gasteiger partial charge in [-0.1, -0.05) is 12.1 Å². The van der Waals surface area contributed by atoms with Crippen molar-refractivity contribution in [2.75, 3.05) is 6.26 Å². The fourth-order valence-corrected chi connectivity index (χ4v) is 2.30. The predicted molar refractivity (Wildman–Crippen MR) is 75.9 cm³/mol. The van der Waals surface area contributed by atoms with Crippen molar-refractivity contribution in [2.45, 2.75) is 11.5 Å². The summed E-state index contributed by atoms with van der Waals surface area (Å²) in [5, 5.41) is 8.89. The number of carboxylic acids is 1. The molecule has 0 aliphatic rings. The molecule has 0 saturated heterocycles. The molecule has 3 nitrogen and oxygen atoms in total. The van der Waals surface area contributed by atoms with Crippen LogP contribution in [0.3, 0.4) is 0 Å². The summed E-state index contributed by atoms with van der Waals surface area (Å²) in [7, 11) is 0. The van der Waals surface area contributed by atoms with E-state index in [2.05, 4.69) is 0 Å². The van der Waals surface area contributed by atoms with Crippen molar-refractivity contribution in [1.82, 2.24) is 0 Å². The van der Waals surface area contributed by atoms with Crippen molar-refractivity contribution in [2.24, 2.45) is 0 Å². The molecule has 5 heteroatoms. The maximum Gasteiger partial charge on any atom is 0.335 e. The van der Waals surface area contributed by atoms with Crippen LogP contribution in [-0.2, 0) is 6.61 Å². The Morgan fingerprint density at radius 3 is 2.75 bits per heavy atom. The summed E-state index contributed by atoms with van der Waals surface area (Å²) in [5.41, 5.74) is 0.403. The SMILES string of the molecule is CSc1ccccc1OCc1cc(F)cc(C(=O)O)c1. The number of ether oxygens (including phenoxy) is 1. The third-order valence-corrected chi connectivity index (χ3v) is 3.45. The lowest BCUT2D eigenvalue weighted by Crippen LogP contribution is -2.02. The molecule has 2 aromatic carbocycles. The van der Waals surface area contributed by atoms with Crippen LogP contribution in [0.15, 0.2) is 47.4 Å². The average Bonchev–Trinajstić information content (AvgIpc) is 2.44. The first-order chi connectivity index (χ1) is 9.60. The smallest absolute Gasteiger partial charge is 0.335 e. The topological polar surface area (TPSA) is 46.5 Å². The summed E-state index contributed by atoms with van der Waals surface area (Å²) in [6, 6.07) is 11.2. The lowest BCUT2D eigenvalue weighted by atomic mass is 10.1. The monoisotopic (exact) mass is 292 g/mol. The van der Waals surface area contributed by atoms with Gasteiger partial charge in [-0.05, 0) is 42.2 Å². The van der Waals surface area contributed by atoms with Gasteiger partial charge in [0, 0.05) is 4.90 Å². The number of benzene rings is 2. The van der Waals surface area contributed by atoms with E-state index in [0.717, 1.165) is 11.0 Å². The Bertz CT molecular complexity index is 628. The van der Waals surface area contributed by atoms with Crippen LogP contribution in [0.4, 0.5) is 4.39 Å². The maximum absolute atomic E-state index is 13.3. The highest BCUT2D eigenvalue weighted by atomic mass is 32.2. The molecule has 20 heavy (non-hydrogen) atoms. The first-order valence-corrected chi connectivity index (χ1v) is 7.11. The second-order valence-electron chi connectivity index (χ2n) is 4.09. The van der Waals surface area contributed by atoms with Crippen LogP contribution in [0, 0.1) is 5.82 Å². The van der Waals surface area contributed by atoms with Gasteiger partial charge in [-0.3, -0.25) is 0 Å². The first kappa shape index (κ1) is 14.4. The molecule has 0 fully saturated rings. The Morgan fingerprint density at radius 1 is 1.30 bits per heavy atom. The Balaban J connectivity index is 2.16. The van der Waals surface area contributed by atoms with Crippen molar-refractivity contribution in [3.63, 3.8) is 0 Å². The van der Waals surface area contributed by atoms with Crippen molar-refractivity contribution < 1.29 is 19.0 Å². The Hall–Kier alpha value is -2.01. The van der Waals surface area contributed by atoms with E-state index < -0.39 is 11.8 Å². The van der Waals surface area contributed by atoms with E-state index >= 15 is 0 Å². The van der Waals surface area contributed by atoms with Gasteiger partial charge in [-0.15, -0.1) is 11.8 Å². The Labute approximate surface area is 120 Å². The molecule has 0 spiro atoms. The molecular formula is C15H13FO3S. The summed E-state index contributed by atoms with van der Waals surface area (Å²) >= 11 is 1.55. The van der Waals surface area contributed by atoms with Crippen LogP contribution >= 0.6 is 11.8 Å². The summed E-state index contributed by atoms with van der Waals surface area (Å²) in [6.07, 6.45) is 1.94. The molecule has 0 aliphatic heterocycles. The second-order valence-corrected chi connectivity index (χ2v) is 4.94. The fraction of sp³-hybridized carbons (Fsp3) is 0.133. The minimum Gasteiger partial charge on any atom is -0.488 e. The lowest BCUT2D eigenvalue weighted by molar-refractivity contribution is 0.0696. The molecule has 0 amide bonds. The van der Waals surface area contributed by atoms with Gasteiger partial charge in [0.05, 0.1) is 5.56 Å². The fourth-order valence-electron chi connectivity index (χ4n) is 1.76. The molecule has 2 aromatic rings. The van der Waals surface area contributed by atoms with Gasteiger partial charge in [0.15, 0.2) is 0 Å². The van der Waals surface area contributed by atoms with E-state index in [1.165, 1.54) is 12.1 Å². The largest absolute Gasteiger partial charge is 0.488 e. The van der Waals surface area contributed by atoms with E-state index in [-0.39, 0.29) is 12.2 Å². The number of para-hydroxylation sites is 1. The van der Waals surface area contributed by atoms with Gasteiger partial charge in [0.25, 0.3) is 0 Å². The zero-order chi connectivity index (χ0) is 14.5. The van der Waals surface area contributed by atoms with Crippen molar-refractivity contribution >= 4 is 17.7 Å². The van der Waals surface area contributed by atoms with E-state index in [1.807, 2.05) is 30.5 Å². The summed E-state index contributed by atoms with van der Waals surface area (Å²) in [4.78, 5) is 11.8. The molecular weight excluding hydrogens is 279 g/mol. The molecule has 0 saturated carbocycles. The molecule has 0 unspecified atom stereocenters. The summed E-state index contributed by atoms with van der Waals surface area (Å²) in [5.74, 6) is -1.04. The number of aromatic carboxylic acids is 1.